The van der Waals surface area contributed by atoms with Crippen molar-refractivity contribution in [1.82, 2.24) is 0 Å². The van der Waals surface area contributed by atoms with Crippen molar-refractivity contribution in [3.8, 4) is 0 Å². The number of nitrogens with one attached hydrogen (secondary N) is 1. The van der Waals surface area contributed by atoms with Gasteiger partial charge in [-0.15, -0.1) is 0 Å². The van der Waals surface area contributed by atoms with E-state index in [1.165, 1.54) is 12.1 Å². The van der Waals surface area contributed by atoms with Crippen LogP contribution in [0, 0.1) is 5.82 Å². The van der Waals surface area contributed by atoms with E-state index < -0.39 is 11.7 Å². The highest BCUT2D eigenvalue weighted by Gasteiger charge is 2.12. The molecule has 0 aliphatic rings. The Labute approximate surface area is 125 Å². The number of nitrogens with two attached hydrogens (primary N) is 1. The average molecular weight is 309 g/mol. The molecule has 0 radical (unpaired) electrons. The zero-order chi connectivity index (χ0) is 14.7. The minimum Gasteiger partial charge on any atom is -0.389 e. The van der Waals surface area contributed by atoms with Crippen molar-refractivity contribution in [2.45, 2.75) is 0 Å². The summed E-state index contributed by atoms with van der Waals surface area (Å²) in [5.74, 6) is -1.14. The molecule has 0 bridgehead atoms. The van der Waals surface area contributed by atoms with Gasteiger partial charge in [0.25, 0.3) is 5.91 Å². The summed E-state index contributed by atoms with van der Waals surface area (Å²) < 4.78 is 13.7. The Hall–Kier alpha value is -1.98. The molecule has 3 N–H and O–H groups in total. The molecular weight excluding hydrogens is 299 g/mol. The molecule has 0 fully saturated rings. The Morgan fingerprint density at radius 2 is 1.85 bits per heavy atom. The lowest BCUT2D eigenvalue weighted by atomic mass is 10.1. The first-order valence-corrected chi connectivity index (χ1v) is 6.43. The Kier molecular flexibility index (Phi) is 4.32. The van der Waals surface area contributed by atoms with E-state index in [0.717, 1.165) is 0 Å². The van der Waals surface area contributed by atoms with Gasteiger partial charge in [0.15, 0.2) is 5.82 Å². The quantitative estimate of drug-likeness (QED) is 0.855. The fourth-order valence-electron chi connectivity index (χ4n) is 1.61. The number of carbonyl (C=O) groups excluding carboxylic acids is 1. The highest BCUT2D eigenvalue weighted by molar-refractivity contribution is 7.80. The normalized spacial score (nSPS) is 10.1. The van der Waals surface area contributed by atoms with Gasteiger partial charge in [-0.1, -0.05) is 42.0 Å². The van der Waals surface area contributed by atoms with E-state index in [-0.39, 0.29) is 15.7 Å². The van der Waals surface area contributed by atoms with Crippen molar-refractivity contribution in [1.29, 1.82) is 0 Å². The molecule has 0 spiro atoms. The van der Waals surface area contributed by atoms with Gasteiger partial charge in [-0.3, -0.25) is 4.79 Å². The summed E-state index contributed by atoms with van der Waals surface area (Å²) in [6, 6.07) is 10.8. The molecular formula is C14H10ClFN2OS. The lowest BCUT2D eigenvalue weighted by molar-refractivity contribution is 0.102. The van der Waals surface area contributed by atoms with Crippen LogP contribution in [-0.2, 0) is 0 Å². The summed E-state index contributed by atoms with van der Waals surface area (Å²) >= 11 is 10.5. The molecule has 0 unspecified atom stereocenters. The lowest BCUT2D eigenvalue weighted by Crippen LogP contribution is -2.15. The van der Waals surface area contributed by atoms with Crippen molar-refractivity contribution in [3.05, 3.63) is 64.4 Å². The molecule has 102 valence electrons. The van der Waals surface area contributed by atoms with Gasteiger partial charge in [0, 0.05) is 11.1 Å². The molecule has 0 aliphatic carbocycles. The topological polar surface area (TPSA) is 55.1 Å². The van der Waals surface area contributed by atoms with Crippen molar-refractivity contribution < 1.29 is 9.18 Å². The molecule has 20 heavy (non-hydrogen) atoms. The summed E-state index contributed by atoms with van der Waals surface area (Å²) in [5.41, 5.74) is 6.42. The van der Waals surface area contributed by atoms with Crippen LogP contribution in [0.5, 0.6) is 0 Å². The number of hydrogen-bond donors (Lipinski definition) is 2. The number of benzene rings is 2. The van der Waals surface area contributed by atoms with E-state index in [1.54, 1.807) is 30.3 Å². The van der Waals surface area contributed by atoms with Gasteiger partial charge in [-0.25, -0.2) is 4.39 Å². The summed E-state index contributed by atoms with van der Waals surface area (Å²) in [4.78, 5) is 12.2. The number of thiocarbonyl (C=S) groups is 1. The second-order valence-corrected chi connectivity index (χ2v) is 4.85. The van der Waals surface area contributed by atoms with Gasteiger partial charge in [0.2, 0.25) is 0 Å². The first-order chi connectivity index (χ1) is 9.49. The van der Waals surface area contributed by atoms with Gasteiger partial charge in [0.1, 0.15) is 4.99 Å². The van der Waals surface area contributed by atoms with Gasteiger partial charge in [0.05, 0.1) is 10.7 Å². The van der Waals surface area contributed by atoms with Crippen LogP contribution in [0.25, 0.3) is 0 Å². The molecule has 3 nitrogen and oxygen atoms in total. The molecule has 2 rings (SSSR count). The van der Waals surface area contributed by atoms with Crippen LogP contribution >= 0.6 is 23.8 Å². The summed E-state index contributed by atoms with van der Waals surface area (Å²) in [5, 5.41) is 2.40. The molecule has 6 heteroatoms. The van der Waals surface area contributed by atoms with Crippen LogP contribution in [-0.4, -0.2) is 10.9 Å². The van der Waals surface area contributed by atoms with Crippen LogP contribution in [0.15, 0.2) is 42.5 Å². The van der Waals surface area contributed by atoms with Crippen molar-refractivity contribution in [2.24, 2.45) is 5.73 Å². The SMILES string of the molecule is NC(=S)c1cccc(C(=O)Nc2cccc(Cl)c2F)c1. The molecule has 0 heterocycles. The van der Waals surface area contributed by atoms with Crippen LogP contribution < -0.4 is 11.1 Å². The van der Waals surface area contributed by atoms with E-state index in [0.29, 0.717) is 11.1 Å². The van der Waals surface area contributed by atoms with E-state index in [9.17, 15) is 9.18 Å². The van der Waals surface area contributed by atoms with Gasteiger partial charge < -0.3 is 11.1 Å². The number of amides is 1. The Balaban J connectivity index is 2.26. The Morgan fingerprint density at radius 1 is 1.20 bits per heavy atom. The fraction of sp³-hybridized carbons (Fsp3) is 0. The second kappa shape index (κ2) is 5.98. The third-order valence-electron chi connectivity index (χ3n) is 2.61. The second-order valence-electron chi connectivity index (χ2n) is 4.00. The molecule has 0 atom stereocenters. The van der Waals surface area contributed by atoms with Crippen LogP contribution in [0.4, 0.5) is 10.1 Å². The van der Waals surface area contributed by atoms with Crippen LogP contribution in [0.2, 0.25) is 5.02 Å². The molecule has 0 aromatic heterocycles. The maximum Gasteiger partial charge on any atom is 0.255 e. The van der Waals surface area contributed by atoms with Gasteiger partial charge in [-0.05, 0) is 24.3 Å². The van der Waals surface area contributed by atoms with E-state index >= 15 is 0 Å². The van der Waals surface area contributed by atoms with Gasteiger partial charge in [-0.2, -0.15) is 0 Å². The third-order valence-corrected chi connectivity index (χ3v) is 3.14. The largest absolute Gasteiger partial charge is 0.389 e. The maximum atomic E-state index is 13.7. The first-order valence-electron chi connectivity index (χ1n) is 5.64. The van der Waals surface area contributed by atoms with Crippen LogP contribution in [0.1, 0.15) is 15.9 Å². The Morgan fingerprint density at radius 3 is 2.55 bits per heavy atom. The van der Waals surface area contributed by atoms with E-state index in [2.05, 4.69) is 5.32 Å². The third kappa shape index (κ3) is 3.12. The van der Waals surface area contributed by atoms with Crippen LogP contribution in [0.3, 0.4) is 0 Å². The summed E-state index contributed by atoms with van der Waals surface area (Å²) in [7, 11) is 0. The minimum atomic E-state index is -0.673. The molecule has 2 aromatic carbocycles. The number of halogens is 2. The predicted octanol–water partition coefficient (Wildman–Crippen LogP) is 3.37. The molecule has 1 amide bonds. The van der Waals surface area contributed by atoms with Gasteiger partial charge >= 0.3 is 0 Å². The molecule has 0 saturated carbocycles. The van der Waals surface area contributed by atoms with Crippen molar-refractivity contribution in [3.63, 3.8) is 0 Å². The zero-order valence-electron chi connectivity index (χ0n) is 10.2. The fourth-order valence-corrected chi connectivity index (χ4v) is 1.91. The number of rotatable bonds is 3. The number of anilines is 1. The van der Waals surface area contributed by atoms with E-state index in [4.69, 9.17) is 29.6 Å². The zero-order valence-corrected chi connectivity index (χ0v) is 11.8. The lowest BCUT2D eigenvalue weighted by Gasteiger charge is -2.08. The average Bonchev–Trinajstić information content (AvgIpc) is 2.44. The minimum absolute atomic E-state index is 0.0169. The highest BCUT2D eigenvalue weighted by Crippen LogP contribution is 2.22. The summed E-state index contributed by atoms with van der Waals surface area (Å²) in [6.45, 7) is 0. The van der Waals surface area contributed by atoms with Crippen molar-refractivity contribution >= 4 is 40.4 Å². The van der Waals surface area contributed by atoms with Crippen molar-refractivity contribution in [2.75, 3.05) is 5.32 Å². The smallest absolute Gasteiger partial charge is 0.255 e. The standard InChI is InChI=1S/C14H10ClFN2OS/c15-10-5-2-6-11(12(10)16)18-14(19)9-4-1-3-8(7-9)13(17)20/h1-7H,(H2,17,20)(H,18,19). The molecule has 0 saturated heterocycles. The predicted molar refractivity (Wildman–Crippen MR) is 81.7 cm³/mol. The Bertz CT molecular complexity index is 691. The monoisotopic (exact) mass is 308 g/mol. The number of hydrogen-bond acceptors (Lipinski definition) is 2. The molecule has 2 aromatic rings. The number of carbonyl (C=O) groups is 1. The summed E-state index contributed by atoms with van der Waals surface area (Å²) in [6.07, 6.45) is 0. The maximum absolute atomic E-state index is 13.7. The molecule has 0 aliphatic heterocycles. The van der Waals surface area contributed by atoms with E-state index in [1.807, 2.05) is 0 Å². The highest BCUT2D eigenvalue weighted by atomic mass is 35.5. The first kappa shape index (κ1) is 14.4.